The fourth-order valence-corrected chi connectivity index (χ4v) is 4.36. The monoisotopic (exact) mass is 330 g/mol. The fourth-order valence-electron chi connectivity index (χ4n) is 4.36. The van der Waals surface area contributed by atoms with Gasteiger partial charge in [0.05, 0.1) is 5.92 Å². The van der Waals surface area contributed by atoms with E-state index < -0.39 is 11.9 Å². The van der Waals surface area contributed by atoms with Crippen LogP contribution in [0, 0.1) is 5.41 Å². The van der Waals surface area contributed by atoms with E-state index in [-0.39, 0.29) is 22.8 Å². The number of carboxylic acid groups (broad SMARTS) is 1. The van der Waals surface area contributed by atoms with Crippen LogP contribution >= 0.6 is 0 Å². The van der Waals surface area contributed by atoms with Gasteiger partial charge < -0.3 is 15.3 Å². The van der Waals surface area contributed by atoms with E-state index in [2.05, 4.69) is 13.8 Å². The molecule has 2 aliphatic carbocycles. The summed E-state index contributed by atoms with van der Waals surface area (Å²) in [6.45, 7) is 8.14. The Morgan fingerprint density at radius 2 is 1.92 bits per heavy atom. The van der Waals surface area contributed by atoms with Gasteiger partial charge in [-0.05, 0) is 48.2 Å². The molecule has 1 atom stereocenters. The van der Waals surface area contributed by atoms with Gasteiger partial charge >= 0.3 is 5.97 Å². The van der Waals surface area contributed by atoms with E-state index in [0.717, 1.165) is 30.4 Å². The summed E-state index contributed by atoms with van der Waals surface area (Å²) in [5.74, 6) is -1.78. The zero-order chi connectivity index (χ0) is 17.8. The van der Waals surface area contributed by atoms with Crippen molar-refractivity contribution in [3.8, 4) is 11.5 Å². The lowest BCUT2D eigenvalue weighted by atomic mass is 9.63. The molecule has 4 nitrogen and oxygen atoms in total. The standard InChI is InChI=1S/C20H26O4/c1-10(2)12-8-13-14(19(23)24)9-15-11(6-5-7-20(15,3)4)16(13)18(22)17(12)21/h8,10,14,21-22H,5-7,9H2,1-4H3,(H,23,24). The minimum Gasteiger partial charge on any atom is -0.504 e. The highest BCUT2D eigenvalue weighted by Gasteiger charge is 2.41. The van der Waals surface area contributed by atoms with Gasteiger partial charge in [0, 0.05) is 11.1 Å². The summed E-state index contributed by atoms with van der Waals surface area (Å²) >= 11 is 0. The molecule has 1 aromatic rings. The number of aliphatic carboxylic acids is 1. The quantitative estimate of drug-likeness (QED) is 0.683. The van der Waals surface area contributed by atoms with Gasteiger partial charge in [0.25, 0.3) is 0 Å². The average molecular weight is 330 g/mol. The van der Waals surface area contributed by atoms with Crippen LogP contribution in [0.15, 0.2) is 11.6 Å². The summed E-state index contributed by atoms with van der Waals surface area (Å²) in [4.78, 5) is 11.9. The Kier molecular flexibility index (Phi) is 3.89. The molecule has 130 valence electrons. The molecule has 4 heteroatoms. The third kappa shape index (κ3) is 2.40. The first-order valence-electron chi connectivity index (χ1n) is 8.69. The van der Waals surface area contributed by atoms with Crippen LogP contribution in [0.3, 0.4) is 0 Å². The van der Waals surface area contributed by atoms with Crippen molar-refractivity contribution in [3.05, 3.63) is 28.3 Å². The van der Waals surface area contributed by atoms with E-state index in [1.165, 1.54) is 0 Å². The number of hydrogen-bond acceptors (Lipinski definition) is 3. The molecule has 0 bridgehead atoms. The van der Waals surface area contributed by atoms with Crippen LogP contribution in [0.2, 0.25) is 0 Å². The number of carbonyl (C=O) groups is 1. The molecular weight excluding hydrogens is 304 g/mol. The predicted molar refractivity (Wildman–Crippen MR) is 93.4 cm³/mol. The fraction of sp³-hybridized carbons (Fsp3) is 0.550. The first kappa shape index (κ1) is 16.9. The van der Waals surface area contributed by atoms with Crippen molar-refractivity contribution in [1.29, 1.82) is 0 Å². The molecule has 0 spiro atoms. The number of carboxylic acids is 1. The van der Waals surface area contributed by atoms with E-state index in [1.54, 1.807) is 6.07 Å². The maximum absolute atomic E-state index is 11.9. The molecule has 0 aromatic heterocycles. The molecule has 2 aliphatic rings. The molecule has 0 radical (unpaired) electrons. The molecule has 1 aromatic carbocycles. The number of phenolic OH excluding ortho intramolecular Hbond substituents is 2. The van der Waals surface area contributed by atoms with Crippen molar-refractivity contribution < 1.29 is 20.1 Å². The second-order valence-corrected chi connectivity index (χ2v) is 8.07. The molecule has 3 rings (SSSR count). The third-order valence-corrected chi connectivity index (χ3v) is 5.75. The first-order valence-corrected chi connectivity index (χ1v) is 8.69. The summed E-state index contributed by atoms with van der Waals surface area (Å²) in [5.41, 5.74) is 3.92. The normalized spacial score (nSPS) is 22.3. The van der Waals surface area contributed by atoms with Crippen molar-refractivity contribution >= 4 is 11.5 Å². The lowest BCUT2D eigenvalue weighted by molar-refractivity contribution is -0.138. The van der Waals surface area contributed by atoms with E-state index in [4.69, 9.17) is 0 Å². The Balaban J connectivity index is 2.34. The van der Waals surface area contributed by atoms with Crippen LogP contribution < -0.4 is 0 Å². The number of rotatable bonds is 2. The van der Waals surface area contributed by atoms with Crippen molar-refractivity contribution in [3.63, 3.8) is 0 Å². The summed E-state index contributed by atoms with van der Waals surface area (Å²) in [6.07, 6.45) is 3.35. The topological polar surface area (TPSA) is 77.8 Å². The summed E-state index contributed by atoms with van der Waals surface area (Å²) < 4.78 is 0. The third-order valence-electron chi connectivity index (χ3n) is 5.75. The molecular formula is C20H26O4. The Morgan fingerprint density at radius 1 is 1.25 bits per heavy atom. The zero-order valence-corrected chi connectivity index (χ0v) is 14.8. The lowest BCUT2D eigenvalue weighted by Crippen LogP contribution is -2.28. The lowest BCUT2D eigenvalue weighted by Gasteiger charge is -2.41. The minimum absolute atomic E-state index is 0.00817. The number of allylic oxidation sites excluding steroid dienone is 2. The maximum atomic E-state index is 11.9. The van der Waals surface area contributed by atoms with Gasteiger partial charge in [-0.15, -0.1) is 0 Å². The summed E-state index contributed by atoms with van der Waals surface area (Å²) in [5, 5.41) is 30.9. The smallest absolute Gasteiger partial charge is 0.311 e. The molecule has 0 saturated carbocycles. The highest BCUT2D eigenvalue weighted by Crippen LogP contribution is 2.56. The zero-order valence-electron chi connectivity index (χ0n) is 14.8. The van der Waals surface area contributed by atoms with E-state index in [0.29, 0.717) is 23.1 Å². The van der Waals surface area contributed by atoms with Crippen LogP contribution in [0.25, 0.3) is 5.57 Å². The van der Waals surface area contributed by atoms with Gasteiger partial charge in [-0.25, -0.2) is 0 Å². The van der Waals surface area contributed by atoms with Crippen LogP contribution in [0.5, 0.6) is 11.5 Å². The molecule has 0 saturated heterocycles. The van der Waals surface area contributed by atoms with E-state index in [1.807, 2.05) is 13.8 Å². The highest BCUT2D eigenvalue weighted by atomic mass is 16.4. The Morgan fingerprint density at radius 3 is 2.50 bits per heavy atom. The SMILES string of the molecule is CC(C)c1cc2c(c(O)c1O)C1=C(CC2C(=O)O)C(C)(C)CCC1. The van der Waals surface area contributed by atoms with Gasteiger partial charge in [-0.1, -0.05) is 39.3 Å². The van der Waals surface area contributed by atoms with E-state index in [9.17, 15) is 20.1 Å². The number of phenols is 2. The molecule has 0 heterocycles. The van der Waals surface area contributed by atoms with Crippen molar-refractivity contribution in [2.24, 2.45) is 5.41 Å². The van der Waals surface area contributed by atoms with Gasteiger partial charge in [-0.2, -0.15) is 0 Å². The summed E-state index contributed by atoms with van der Waals surface area (Å²) in [6, 6.07) is 1.79. The van der Waals surface area contributed by atoms with Gasteiger partial charge in [0.1, 0.15) is 0 Å². The van der Waals surface area contributed by atoms with Gasteiger partial charge in [-0.3, -0.25) is 4.79 Å². The highest BCUT2D eigenvalue weighted by molar-refractivity contribution is 5.88. The number of fused-ring (bicyclic) bond motifs is 2. The van der Waals surface area contributed by atoms with Crippen molar-refractivity contribution in [2.45, 2.75) is 65.2 Å². The molecule has 0 fully saturated rings. The molecule has 1 unspecified atom stereocenters. The van der Waals surface area contributed by atoms with Crippen molar-refractivity contribution in [2.75, 3.05) is 0 Å². The number of aromatic hydroxyl groups is 2. The van der Waals surface area contributed by atoms with E-state index >= 15 is 0 Å². The van der Waals surface area contributed by atoms with Crippen LogP contribution in [0.1, 0.15) is 81.9 Å². The molecule has 24 heavy (non-hydrogen) atoms. The molecule has 3 N–H and O–H groups in total. The Labute approximate surface area is 142 Å². The van der Waals surface area contributed by atoms with Crippen molar-refractivity contribution in [1.82, 2.24) is 0 Å². The summed E-state index contributed by atoms with van der Waals surface area (Å²) in [7, 11) is 0. The second kappa shape index (κ2) is 5.54. The van der Waals surface area contributed by atoms with Gasteiger partial charge in [0.15, 0.2) is 11.5 Å². The minimum atomic E-state index is -0.871. The van der Waals surface area contributed by atoms with Crippen LogP contribution in [-0.2, 0) is 4.79 Å². The van der Waals surface area contributed by atoms with Crippen LogP contribution in [-0.4, -0.2) is 21.3 Å². The maximum Gasteiger partial charge on any atom is 0.311 e. The Hall–Kier alpha value is -1.97. The average Bonchev–Trinajstić information content (AvgIpc) is 2.48. The first-order chi connectivity index (χ1) is 11.1. The van der Waals surface area contributed by atoms with Crippen LogP contribution in [0.4, 0.5) is 0 Å². The molecule has 0 amide bonds. The Bertz CT molecular complexity index is 740. The number of benzene rings is 1. The largest absolute Gasteiger partial charge is 0.504 e. The number of hydrogen-bond donors (Lipinski definition) is 3. The second-order valence-electron chi connectivity index (χ2n) is 8.07. The molecule has 0 aliphatic heterocycles. The predicted octanol–water partition coefficient (Wildman–Crippen LogP) is 4.76. The van der Waals surface area contributed by atoms with Gasteiger partial charge in [0.2, 0.25) is 0 Å².